The zero-order valence-electron chi connectivity index (χ0n) is 13.2. The van der Waals surface area contributed by atoms with Gasteiger partial charge in [-0.25, -0.2) is 13.2 Å². The van der Waals surface area contributed by atoms with Crippen molar-refractivity contribution >= 4 is 33.2 Å². The van der Waals surface area contributed by atoms with E-state index in [0.29, 0.717) is 5.69 Å². The molecule has 24 heavy (non-hydrogen) atoms. The lowest BCUT2D eigenvalue weighted by Crippen LogP contribution is -2.35. The molecule has 2 aromatic rings. The molecule has 0 heterocycles. The van der Waals surface area contributed by atoms with Gasteiger partial charge in [-0.3, -0.25) is 0 Å². The summed E-state index contributed by atoms with van der Waals surface area (Å²) < 4.78 is 24.5. The number of aryl methyl sites for hydroxylation is 1. The number of urea groups is 1. The van der Waals surface area contributed by atoms with Crippen molar-refractivity contribution in [2.45, 2.75) is 23.7 Å². The number of para-hydroxylation sites is 1. The lowest BCUT2D eigenvalue weighted by Gasteiger charge is -2.13. The van der Waals surface area contributed by atoms with Crippen LogP contribution in [0.25, 0.3) is 0 Å². The van der Waals surface area contributed by atoms with Crippen molar-refractivity contribution in [2.75, 3.05) is 11.1 Å². The smallest absolute Gasteiger partial charge is 0.320 e. The number of anilines is 1. The van der Waals surface area contributed by atoms with E-state index >= 15 is 0 Å². The summed E-state index contributed by atoms with van der Waals surface area (Å²) >= 11 is 6.02. The fourth-order valence-corrected chi connectivity index (χ4v) is 3.70. The number of benzene rings is 2. The summed E-state index contributed by atoms with van der Waals surface area (Å²) in [4.78, 5) is 12.1. The molecular weight excluding hydrogens is 348 g/mol. The van der Waals surface area contributed by atoms with Gasteiger partial charge in [-0.2, -0.15) is 0 Å². The summed E-state index contributed by atoms with van der Waals surface area (Å²) in [5.74, 6) is -0.143. The molecule has 0 aliphatic carbocycles. The minimum absolute atomic E-state index is 0.111. The average Bonchev–Trinajstić information content (AvgIpc) is 2.54. The van der Waals surface area contributed by atoms with Gasteiger partial charge in [0.2, 0.25) is 0 Å². The van der Waals surface area contributed by atoms with Crippen LogP contribution in [-0.2, 0) is 9.84 Å². The minimum Gasteiger partial charge on any atom is -0.322 e. The number of hydrogen-bond acceptors (Lipinski definition) is 3. The largest absolute Gasteiger partial charge is 0.322 e. The third kappa shape index (κ3) is 5.54. The van der Waals surface area contributed by atoms with Crippen LogP contribution < -0.4 is 10.6 Å². The Morgan fingerprint density at radius 1 is 1.08 bits per heavy atom. The maximum Gasteiger partial charge on any atom is 0.320 e. The molecule has 0 spiro atoms. The second-order valence-electron chi connectivity index (χ2n) is 5.35. The molecule has 0 saturated heterocycles. The zero-order chi connectivity index (χ0) is 17.6. The SMILES string of the molecule is Cc1ccc(S(=O)(=O)CCC(Cl)NC(=O)Nc2ccccc2)cc1. The molecule has 0 fully saturated rings. The summed E-state index contributed by atoms with van der Waals surface area (Å²) in [6, 6.07) is 15.1. The van der Waals surface area contributed by atoms with Crippen molar-refractivity contribution in [3.05, 3.63) is 60.2 Å². The summed E-state index contributed by atoms with van der Waals surface area (Å²) in [6.45, 7) is 1.89. The van der Waals surface area contributed by atoms with Crippen molar-refractivity contribution in [3.8, 4) is 0 Å². The van der Waals surface area contributed by atoms with Crippen LogP contribution in [0.5, 0.6) is 0 Å². The molecule has 0 saturated carbocycles. The number of alkyl halides is 1. The highest BCUT2D eigenvalue weighted by molar-refractivity contribution is 7.91. The van der Waals surface area contributed by atoms with Crippen LogP contribution in [0.4, 0.5) is 10.5 Å². The Hall–Kier alpha value is -2.05. The van der Waals surface area contributed by atoms with E-state index in [2.05, 4.69) is 10.6 Å². The predicted molar refractivity (Wildman–Crippen MR) is 96.1 cm³/mol. The number of sulfone groups is 1. The zero-order valence-corrected chi connectivity index (χ0v) is 14.8. The van der Waals surface area contributed by atoms with Crippen LogP contribution in [0.2, 0.25) is 0 Å². The van der Waals surface area contributed by atoms with Crippen LogP contribution in [0, 0.1) is 6.92 Å². The van der Waals surface area contributed by atoms with Crippen molar-refractivity contribution in [1.29, 1.82) is 0 Å². The maximum absolute atomic E-state index is 12.2. The van der Waals surface area contributed by atoms with Crippen LogP contribution in [-0.4, -0.2) is 25.7 Å². The van der Waals surface area contributed by atoms with Crippen molar-refractivity contribution in [2.24, 2.45) is 0 Å². The van der Waals surface area contributed by atoms with E-state index in [1.165, 1.54) is 0 Å². The Labute approximate surface area is 147 Å². The molecule has 0 radical (unpaired) electrons. The standard InChI is InChI=1S/C17H19ClN2O3S/c1-13-7-9-15(10-8-13)24(22,23)12-11-16(18)20-17(21)19-14-5-3-2-4-6-14/h2-10,16H,11-12H2,1H3,(H2,19,20,21). The van der Waals surface area contributed by atoms with Gasteiger partial charge in [0.15, 0.2) is 9.84 Å². The van der Waals surface area contributed by atoms with Gasteiger partial charge >= 0.3 is 6.03 Å². The third-order valence-electron chi connectivity index (χ3n) is 3.34. The average molecular weight is 367 g/mol. The Morgan fingerprint density at radius 2 is 1.71 bits per heavy atom. The van der Waals surface area contributed by atoms with Crippen LogP contribution in [0.15, 0.2) is 59.5 Å². The Balaban J connectivity index is 1.85. The molecular formula is C17H19ClN2O3S. The maximum atomic E-state index is 12.2. The van der Waals surface area contributed by atoms with Gasteiger partial charge in [0.05, 0.1) is 10.6 Å². The first kappa shape index (κ1) is 18.3. The molecule has 7 heteroatoms. The first-order chi connectivity index (χ1) is 11.4. The second kappa shape index (κ2) is 8.17. The molecule has 0 aliphatic rings. The van der Waals surface area contributed by atoms with Crippen LogP contribution in [0.3, 0.4) is 0 Å². The fraction of sp³-hybridized carbons (Fsp3) is 0.235. The molecule has 0 bridgehead atoms. The first-order valence-corrected chi connectivity index (χ1v) is 9.52. The third-order valence-corrected chi connectivity index (χ3v) is 5.43. The number of halogens is 1. The Kier molecular flexibility index (Phi) is 6.23. The summed E-state index contributed by atoms with van der Waals surface area (Å²) in [6.07, 6.45) is 0.111. The van der Waals surface area contributed by atoms with Crippen molar-refractivity contribution in [3.63, 3.8) is 0 Å². The molecule has 2 aromatic carbocycles. The quantitative estimate of drug-likeness (QED) is 0.606. The van der Waals surface area contributed by atoms with Crippen LogP contribution in [0.1, 0.15) is 12.0 Å². The number of rotatable bonds is 6. The monoisotopic (exact) mass is 366 g/mol. The fourth-order valence-electron chi connectivity index (χ4n) is 2.03. The molecule has 0 aliphatic heterocycles. The topological polar surface area (TPSA) is 75.3 Å². The molecule has 0 aromatic heterocycles. The summed E-state index contributed by atoms with van der Waals surface area (Å²) in [5, 5.41) is 5.14. The van der Waals surface area contributed by atoms with E-state index in [4.69, 9.17) is 11.6 Å². The van der Waals surface area contributed by atoms with Crippen molar-refractivity contribution < 1.29 is 13.2 Å². The highest BCUT2D eigenvalue weighted by Gasteiger charge is 2.17. The van der Waals surface area contributed by atoms with Gasteiger partial charge in [0, 0.05) is 5.69 Å². The highest BCUT2D eigenvalue weighted by atomic mass is 35.5. The Morgan fingerprint density at radius 3 is 2.33 bits per heavy atom. The van der Waals surface area contributed by atoms with Gasteiger partial charge in [0.25, 0.3) is 0 Å². The molecule has 2 rings (SSSR count). The van der Waals surface area contributed by atoms with Gasteiger partial charge in [0.1, 0.15) is 5.50 Å². The van der Waals surface area contributed by atoms with Crippen LogP contribution >= 0.6 is 11.6 Å². The predicted octanol–water partition coefficient (Wildman–Crippen LogP) is 3.55. The number of carbonyl (C=O) groups is 1. The second-order valence-corrected chi connectivity index (χ2v) is 7.99. The van der Waals surface area contributed by atoms with Gasteiger partial charge in [-0.1, -0.05) is 47.5 Å². The minimum atomic E-state index is -3.42. The van der Waals surface area contributed by atoms with Gasteiger partial charge in [-0.05, 0) is 37.6 Å². The first-order valence-electron chi connectivity index (χ1n) is 7.43. The molecule has 1 atom stereocenters. The Bertz CT molecular complexity index is 777. The molecule has 5 nitrogen and oxygen atoms in total. The molecule has 1 unspecified atom stereocenters. The van der Waals surface area contributed by atoms with E-state index in [0.717, 1.165) is 5.56 Å². The van der Waals surface area contributed by atoms with Crippen molar-refractivity contribution in [1.82, 2.24) is 5.32 Å². The highest BCUT2D eigenvalue weighted by Crippen LogP contribution is 2.14. The number of hydrogen-bond donors (Lipinski definition) is 2. The molecule has 128 valence electrons. The van der Waals surface area contributed by atoms with Gasteiger partial charge < -0.3 is 10.6 Å². The van der Waals surface area contributed by atoms with E-state index in [-0.39, 0.29) is 17.1 Å². The van der Waals surface area contributed by atoms with E-state index in [9.17, 15) is 13.2 Å². The molecule has 2 amide bonds. The lowest BCUT2D eigenvalue weighted by molar-refractivity contribution is 0.251. The van der Waals surface area contributed by atoms with E-state index in [1.807, 2.05) is 13.0 Å². The lowest BCUT2D eigenvalue weighted by atomic mass is 10.2. The number of nitrogens with one attached hydrogen (secondary N) is 2. The summed E-state index contributed by atoms with van der Waals surface area (Å²) in [7, 11) is -3.42. The van der Waals surface area contributed by atoms with E-state index in [1.54, 1.807) is 48.5 Å². The van der Waals surface area contributed by atoms with Gasteiger partial charge in [-0.15, -0.1) is 0 Å². The summed E-state index contributed by atoms with van der Waals surface area (Å²) in [5.41, 5.74) is 0.837. The number of carbonyl (C=O) groups excluding carboxylic acids is 1. The van der Waals surface area contributed by atoms with E-state index < -0.39 is 21.4 Å². The normalized spacial score (nSPS) is 12.4. The molecule has 2 N–H and O–H groups in total. The number of amides is 2.